The average molecular weight is 393 g/mol. The van der Waals surface area contributed by atoms with E-state index in [0.29, 0.717) is 22.6 Å². The van der Waals surface area contributed by atoms with Crippen LogP contribution in [0.3, 0.4) is 0 Å². The van der Waals surface area contributed by atoms with Crippen LogP contribution in [0.15, 0.2) is 29.4 Å². The van der Waals surface area contributed by atoms with Crippen molar-refractivity contribution in [1.82, 2.24) is 19.8 Å². The molecule has 0 saturated heterocycles. The van der Waals surface area contributed by atoms with E-state index in [2.05, 4.69) is 15.1 Å². The molecule has 8 heteroatoms. The summed E-state index contributed by atoms with van der Waals surface area (Å²) >= 11 is 0. The Morgan fingerprint density at radius 1 is 1.15 bits per heavy atom. The molecule has 2 aromatic rings. The number of nitrogens with one attached hydrogen (secondary N) is 2. The summed E-state index contributed by atoms with van der Waals surface area (Å²) in [6.07, 6.45) is 5.52. The molecule has 1 amide bonds. The van der Waals surface area contributed by atoms with Gasteiger partial charge in [-0.15, -0.1) is 0 Å². The van der Waals surface area contributed by atoms with Crippen LogP contribution in [0.1, 0.15) is 35.1 Å². The van der Waals surface area contributed by atoms with Gasteiger partial charge >= 0.3 is 0 Å². The van der Waals surface area contributed by atoms with Gasteiger partial charge in [0.05, 0.1) is 11.1 Å². The zero-order valence-corrected chi connectivity index (χ0v) is 17.2. The summed E-state index contributed by atoms with van der Waals surface area (Å²) in [6.45, 7) is 6.12. The SMILES string of the molecule is Cc1cc(C)c(S(=O)(=O)NCCC(=O)NCCCc2cnn(C)c2)c(C)c1. The molecule has 2 N–H and O–H groups in total. The van der Waals surface area contributed by atoms with E-state index >= 15 is 0 Å². The Morgan fingerprint density at radius 3 is 2.41 bits per heavy atom. The first-order chi connectivity index (χ1) is 12.7. The third kappa shape index (κ3) is 6.18. The minimum atomic E-state index is -3.63. The summed E-state index contributed by atoms with van der Waals surface area (Å²) in [5, 5.41) is 6.92. The van der Waals surface area contributed by atoms with E-state index in [4.69, 9.17) is 0 Å². The van der Waals surface area contributed by atoms with Crippen LogP contribution in [-0.4, -0.2) is 37.2 Å². The first-order valence-corrected chi connectivity index (χ1v) is 10.5. The van der Waals surface area contributed by atoms with Crippen LogP contribution in [0.25, 0.3) is 0 Å². The average Bonchev–Trinajstić information content (AvgIpc) is 2.95. The standard InChI is InChI=1S/C19H28N4O3S/c1-14-10-15(2)19(16(3)11-14)27(25,26)22-9-7-18(24)20-8-5-6-17-12-21-23(4)13-17/h10-13,22H,5-9H2,1-4H3,(H,20,24). The lowest BCUT2D eigenvalue weighted by Crippen LogP contribution is -2.32. The van der Waals surface area contributed by atoms with Crippen molar-refractivity contribution >= 4 is 15.9 Å². The van der Waals surface area contributed by atoms with Crippen molar-refractivity contribution in [3.8, 4) is 0 Å². The Morgan fingerprint density at radius 2 is 1.81 bits per heavy atom. The maximum absolute atomic E-state index is 12.5. The molecule has 0 atom stereocenters. The molecule has 7 nitrogen and oxygen atoms in total. The highest BCUT2D eigenvalue weighted by atomic mass is 32.2. The summed E-state index contributed by atoms with van der Waals surface area (Å²) in [6, 6.07) is 3.69. The highest BCUT2D eigenvalue weighted by Crippen LogP contribution is 2.21. The zero-order valence-electron chi connectivity index (χ0n) is 16.4. The van der Waals surface area contributed by atoms with E-state index in [9.17, 15) is 13.2 Å². The second kappa shape index (κ2) is 9.14. The molecular formula is C19H28N4O3S. The van der Waals surface area contributed by atoms with Gasteiger partial charge in [0.15, 0.2) is 0 Å². The molecule has 0 aliphatic rings. The lowest BCUT2D eigenvalue weighted by Gasteiger charge is -2.13. The fourth-order valence-electron chi connectivity index (χ4n) is 3.17. The minimum absolute atomic E-state index is 0.0729. The van der Waals surface area contributed by atoms with Crippen molar-refractivity contribution in [3.63, 3.8) is 0 Å². The summed E-state index contributed by atoms with van der Waals surface area (Å²) in [5.74, 6) is -0.166. The Hall–Kier alpha value is -2.19. The van der Waals surface area contributed by atoms with Crippen LogP contribution >= 0.6 is 0 Å². The summed E-state index contributed by atoms with van der Waals surface area (Å²) in [5.41, 5.74) is 3.57. The monoisotopic (exact) mass is 392 g/mol. The second-order valence-corrected chi connectivity index (χ2v) is 8.56. The first-order valence-electron chi connectivity index (χ1n) is 9.01. The van der Waals surface area contributed by atoms with Gasteiger partial charge in [-0.25, -0.2) is 13.1 Å². The molecule has 1 aromatic heterocycles. The van der Waals surface area contributed by atoms with Gasteiger partial charge in [0, 0.05) is 32.8 Å². The van der Waals surface area contributed by atoms with E-state index in [1.807, 2.05) is 38.5 Å². The maximum Gasteiger partial charge on any atom is 0.241 e. The molecule has 148 valence electrons. The predicted octanol–water partition coefficient (Wildman–Crippen LogP) is 1.76. The number of aromatic nitrogens is 2. The van der Waals surface area contributed by atoms with Crippen molar-refractivity contribution in [3.05, 3.63) is 46.8 Å². The Bertz CT molecular complexity index is 880. The van der Waals surface area contributed by atoms with E-state index in [-0.39, 0.29) is 18.9 Å². The lowest BCUT2D eigenvalue weighted by atomic mass is 10.1. The molecule has 1 aromatic carbocycles. The molecule has 1 heterocycles. The molecule has 0 radical (unpaired) electrons. The fourth-order valence-corrected chi connectivity index (χ4v) is 4.65. The smallest absolute Gasteiger partial charge is 0.241 e. The molecule has 0 aliphatic heterocycles. The number of sulfonamides is 1. The highest BCUT2D eigenvalue weighted by Gasteiger charge is 2.19. The zero-order chi connectivity index (χ0) is 20.0. The van der Waals surface area contributed by atoms with Gasteiger partial charge in [-0.2, -0.15) is 5.10 Å². The third-order valence-corrected chi connectivity index (χ3v) is 6.01. The predicted molar refractivity (Wildman–Crippen MR) is 105 cm³/mol. The summed E-state index contributed by atoms with van der Waals surface area (Å²) in [4.78, 5) is 12.2. The molecule has 0 unspecified atom stereocenters. The topological polar surface area (TPSA) is 93.1 Å². The maximum atomic E-state index is 12.5. The molecular weight excluding hydrogens is 364 g/mol. The van der Waals surface area contributed by atoms with Gasteiger partial charge in [-0.3, -0.25) is 9.48 Å². The van der Waals surface area contributed by atoms with Crippen molar-refractivity contribution in [2.75, 3.05) is 13.1 Å². The number of carbonyl (C=O) groups is 1. The highest BCUT2D eigenvalue weighted by molar-refractivity contribution is 7.89. The molecule has 0 bridgehead atoms. The normalized spacial score (nSPS) is 11.6. The molecule has 2 rings (SSSR count). The number of carbonyl (C=O) groups excluding carboxylic acids is 1. The van der Waals surface area contributed by atoms with Crippen molar-refractivity contribution in [2.24, 2.45) is 7.05 Å². The Balaban J connectivity index is 1.75. The quantitative estimate of drug-likeness (QED) is 0.636. The minimum Gasteiger partial charge on any atom is -0.356 e. The van der Waals surface area contributed by atoms with Crippen LogP contribution < -0.4 is 10.0 Å². The van der Waals surface area contributed by atoms with Gasteiger partial charge in [-0.05, 0) is 50.3 Å². The number of rotatable bonds is 9. The lowest BCUT2D eigenvalue weighted by molar-refractivity contribution is -0.120. The fraction of sp³-hybridized carbons (Fsp3) is 0.474. The number of nitrogens with zero attached hydrogens (tertiary/aromatic N) is 2. The number of hydrogen-bond donors (Lipinski definition) is 2. The van der Waals surface area contributed by atoms with Gasteiger partial charge in [0.25, 0.3) is 0 Å². The Kier molecular flexibility index (Phi) is 7.15. The molecule has 0 spiro atoms. The van der Waals surface area contributed by atoms with E-state index in [1.54, 1.807) is 18.5 Å². The summed E-state index contributed by atoms with van der Waals surface area (Å²) in [7, 11) is -1.77. The van der Waals surface area contributed by atoms with Crippen LogP contribution in [0.5, 0.6) is 0 Å². The molecule has 0 aliphatic carbocycles. The molecule has 0 saturated carbocycles. The third-order valence-electron chi connectivity index (χ3n) is 4.24. The van der Waals surface area contributed by atoms with Crippen molar-refractivity contribution < 1.29 is 13.2 Å². The molecule has 0 fully saturated rings. The largest absolute Gasteiger partial charge is 0.356 e. The van der Waals surface area contributed by atoms with Gasteiger partial charge in [-0.1, -0.05) is 17.7 Å². The van der Waals surface area contributed by atoms with Crippen LogP contribution in [0, 0.1) is 20.8 Å². The number of amides is 1. The van der Waals surface area contributed by atoms with Crippen molar-refractivity contribution in [1.29, 1.82) is 0 Å². The van der Waals surface area contributed by atoms with E-state index < -0.39 is 10.0 Å². The van der Waals surface area contributed by atoms with Gasteiger partial charge in [0.2, 0.25) is 15.9 Å². The van der Waals surface area contributed by atoms with E-state index in [0.717, 1.165) is 24.0 Å². The molecule has 27 heavy (non-hydrogen) atoms. The van der Waals surface area contributed by atoms with Gasteiger partial charge < -0.3 is 5.32 Å². The van der Waals surface area contributed by atoms with Crippen LogP contribution in [0.4, 0.5) is 0 Å². The number of hydrogen-bond acceptors (Lipinski definition) is 4. The van der Waals surface area contributed by atoms with Crippen LogP contribution in [0.2, 0.25) is 0 Å². The second-order valence-electron chi connectivity index (χ2n) is 6.85. The van der Waals surface area contributed by atoms with Gasteiger partial charge in [0.1, 0.15) is 0 Å². The number of benzene rings is 1. The summed E-state index contributed by atoms with van der Waals surface area (Å²) < 4.78 is 29.3. The number of aryl methyl sites for hydroxylation is 5. The van der Waals surface area contributed by atoms with Crippen LogP contribution in [-0.2, 0) is 28.3 Å². The van der Waals surface area contributed by atoms with Crippen molar-refractivity contribution in [2.45, 2.75) is 44.9 Å². The first kappa shape index (κ1) is 21.1. The Labute approximate surface area is 161 Å². The van der Waals surface area contributed by atoms with E-state index in [1.165, 1.54) is 0 Å².